The third-order valence-electron chi connectivity index (χ3n) is 5.74. The lowest BCUT2D eigenvalue weighted by molar-refractivity contribution is -0.132. The van der Waals surface area contributed by atoms with Crippen molar-refractivity contribution in [3.05, 3.63) is 76.1 Å². The number of benzene rings is 2. The molecule has 0 unspecified atom stereocenters. The molecule has 4 rings (SSSR count). The Hall–Kier alpha value is -3.08. The number of nitrogens with zero attached hydrogens (tertiary/aromatic N) is 3. The van der Waals surface area contributed by atoms with Crippen LogP contribution in [0.5, 0.6) is 0 Å². The van der Waals surface area contributed by atoms with Crippen molar-refractivity contribution in [2.45, 2.75) is 20.4 Å². The maximum Gasteiger partial charge on any atom is 0.242 e. The van der Waals surface area contributed by atoms with E-state index in [4.69, 9.17) is 0 Å². The van der Waals surface area contributed by atoms with Gasteiger partial charge in [0.25, 0.3) is 0 Å². The van der Waals surface area contributed by atoms with Crippen molar-refractivity contribution < 1.29 is 4.79 Å². The SMILES string of the molecule is Cc1cccc(N2CCN(C(=O)Cn3ccc(=O)c4ccccc43)CC2)c1C. The maximum atomic E-state index is 12.9. The molecule has 1 fully saturated rings. The largest absolute Gasteiger partial charge is 0.368 e. The number of rotatable bonds is 3. The summed E-state index contributed by atoms with van der Waals surface area (Å²) >= 11 is 0. The summed E-state index contributed by atoms with van der Waals surface area (Å²) in [6.45, 7) is 7.64. The second-order valence-electron chi connectivity index (χ2n) is 7.41. The van der Waals surface area contributed by atoms with E-state index in [0.29, 0.717) is 18.5 Å². The van der Waals surface area contributed by atoms with Crippen molar-refractivity contribution in [3.8, 4) is 0 Å². The highest BCUT2D eigenvalue weighted by Crippen LogP contribution is 2.24. The fourth-order valence-corrected chi connectivity index (χ4v) is 3.92. The van der Waals surface area contributed by atoms with Crippen molar-refractivity contribution in [2.24, 2.45) is 0 Å². The molecule has 1 amide bonds. The molecule has 1 aliphatic rings. The lowest BCUT2D eigenvalue weighted by atomic mass is 10.1. The number of amides is 1. The topological polar surface area (TPSA) is 45.5 Å². The zero-order chi connectivity index (χ0) is 19.7. The van der Waals surface area contributed by atoms with E-state index in [2.05, 4.69) is 36.9 Å². The first-order valence-electron chi connectivity index (χ1n) is 9.72. The lowest BCUT2D eigenvalue weighted by Gasteiger charge is -2.37. The van der Waals surface area contributed by atoms with Crippen LogP contribution < -0.4 is 10.3 Å². The smallest absolute Gasteiger partial charge is 0.242 e. The molecule has 0 spiro atoms. The predicted octanol–water partition coefficient (Wildman–Crippen LogP) is 2.97. The first-order valence-corrected chi connectivity index (χ1v) is 9.72. The van der Waals surface area contributed by atoms with Gasteiger partial charge >= 0.3 is 0 Å². The van der Waals surface area contributed by atoms with Gasteiger partial charge in [0.1, 0.15) is 6.54 Å². The number of pyridine rings is 1. The van der Waals surface area contributed by atoms with Crippen LogP contribution in [0.15, 0.2) is 59.5 Å². The number of para-hydroxylation sites is 1. The molecule has 5 nitrogen and oxygen atoms in total. The fourth-order valence-electron chi connectivity index (χ4n) is 3.92. The van der Waals surface area contributed by atoms with Crippen molar-refractivity contribution >= 4 is 22.5 Å². The zero-order valence-electron chi connectivity index (χ0n) is 16.4. The molecular weight excluding hydrogens is 350 g/mol. The highest BCUT2D eigenvalue weighted by molar-refractivity contribution is 5.82. The quantitative estimate of drug-likeness (QED) is 0.707. The Morgan fingerprint density at radius 1 is 0.929 bits per heavy atom. The van der Waals surface area contributed by atoms with Crippen molar-refractivity contribution in [2.75, 3.05) is 31.1 Å². The Morgan fingerprint density at radius 3 is 2.46 bits per heavy atom. The summed E-state index contributed by atoms with van der Waals surface area (Å²) < 4.78 is 1.87. The van der Waals surface area contributed by atoms with Crippen LogP contribution in [-0.4, -0.2) is 41.6 Å². The van der Waals surface area contributed by atoms with Gasteiger partial charge in [0.15, 0.2) is 5.43 Å². The first-order chi connectivity index (χ1) is 13.5. The Morgan fingerprint density at radius 2 is 1.68 bits per heavy atom. The number of hydrogen-bond donors (Lipinski definition) is 0. The molecule has 0 aliphatic carbocycles. The molecule has 2 heterocycles. The van der Waals surface area contributed by atoms with E-state index >= 15 is 0 Å². The van der Waals surface area contributed by atoms with Gasteiger partial charge in [0, 0.05) is 49.5 Å². The van der Waals surface area contributed by atoms with E-state index < -0.39 is 0 Å². The molecule has 1 saturated heterocycles. The Bertz CT molecular complexity index is 1080. The van der Waals surface area contributed by atoms with E-state index in [-0.39, 0.29) is 17.9 Å². The van der Waals surface area contributed by atoms with Gasteiger partial charge < -0.3 is 14.4 Å². The van der Waals surface area contributed by atoms with Gasteiger partial charge in [-0.05, 0) is 43.2 Å². The normalized spacial score (nSPS) is 14.5. The van der Waals surface area contributed by atoms with Crippen LogP contribution in [0.3, 0.4) is 0 Å². The average Bonchev–Trinajstić information content (AvgIpc) is 2.72. The molecule has 1 aromatic heterocycles. The number of carbonyl (C=O) groups is 1. The van der Waals surface area contributed by atoms with Crippen LogP contribution >= 0.6 is 0 Å². The Balaban J connectivity index is 1.46. The summed E-state index contributed by atoms with van der Waals surface area (Å²) in [5.74, 6) is 0.0921. The summed E-state index contributed by atoms with van der Waals surface area (Å²) in [4.78, 5) is 29.2. The van der Waals surface area contributed by atoms with Crippen LogP contribution in [0.2, 0.25) is 0 Å². The third-order valence-corrected chi connectivity index (χ3v) is 5.74. The van der Waals surface area contributed by atoms with Gasteiger partial charge in [-0.3, -0.25) is 9.59 Å². The predicted molar refractivity (Wildman–Crippen MR) is 113 cm³/mol. The maximum absolute atomic E-state index is 12.9. The summed E-state index contributed by atoms with van der Waals surface area (Å²) in [7, 11) is 0. The van der Waals surface area contributed by atoms with E-state index in [0.717, 1.165) is 18.6 Å². The number of anilines is 1. The van der Waals surface area contributed by atoms with Gasteiger partial charge in [-0.1, -0.05) is 24.3 Å². The number of piperazine rings is 1. The average molecular weight is 375 g/mol. The molecule has 0 bridgehead atoms. The summed E-state index contributed by atoms with van der Waals surface area (Å²) in [6, 6.07) is 15.4. The molecule has 2 aromatic carbocycles. The second-order valence-corrected chi connectivity index (χ2v) is 7.41. The van der Waals surface area contributed by atoms with E-state index in [1.165, 1.54) is 22.9 Å². The molecule has 0 radical (unpaired) electrons. The van der Waals surface area contributed by atoms with E-state index in [1.807, 2.05) is 33.7 Å². The zero-order valence-corrected chi connectivity index (χ0v) is 16.4. The minimum Gasteiger partial charge on any atom is -0.368 e. The van der Waals surface area contributed by atoms with Gasteiger partial charge in [-0.2, -0.15) is 0 Å². The molecule has 0 atom stereocenters. The number of aromatic nitrogens is 1. The Labute approximate surface area is 164 Å². The molecule has 1 aliphatic heterocycles. The fraction of sp³-hybridized carbons (Fsp3) is 0.304. The van der Waals surface area contributed by atoms with Crippen molar-refractivity contribution in [1.82, 2.24) is 9.47 Å². The minimum atomic E-state index is -0.0126. The van der Waals surface area contributed by atoms with Crippen molar-refractivity contribution in [3.63, 3.8) is 0 Å². The van der Waals surface area contributed by atoms with Crippen LogP contribution in [0.4, 0.5) is 5.69 Å². The summed E-state index contributed by atoms with van der Waals surface area (Å²) in [5, 5.41) is 0.651. The highest BCUT2D eigenvalue weighted by atomic mass is 16.2. The molecule has 28 heavy (non-hydrogen) atoms. The first kappa shape index (κ1) is 18.3. The van der Waals surface area contributed by atoms with Gasteiger partial charge in [-0.15, -0.1) is 0 Å². The highest BCUT2D eigenvalue weighted by Gasteiger charge is 2.22. The summed E-state index contributed by atoms with van der Waals surface area (Å²) in [6.07, 6.45) is 1.72. The van der Waals surface area contributed by atoms with E-state index in [9.17, 15) is 9.59 Å². The van der Waals surface area contributed by atoms with Crippen LogP contribution in [-0.2, 0) is 11.3 Å². The molecule has 5 heteroatoms. The molecule has 3 aromatic rings. The standard InChI is InChI=1S/C23H25N3O2/c1-17-6-5-9-20(18(17)2)24-12-14-25(15-13-24)23(28)16-26-11-10-22(27)19-7-3-4-8-21(19)26/h3-11H,12-16H2,1-2H3. The minimum absolute atomic E-state index is 0.0126. The molecular formula is C23H25N3O2. The van der Waals surface area contributed by atoms with Gasteiger partial charge in [0.05, 0.1) is 5.52 Å². The molecule has 144 valence electrons. The Kier molecular flexibility index (Phi) is 4.90. The van der Waals surface area contributed by atoms with Gasteiger partial charge in [-0.25, -0.2) is 0 Å². The lowest BCUT2D eigenvalue weighted by Crippen LogP contribution is -2.49. The third kappa shape index (κ3) is 3.40. The monoisotopic (exact) mass is 375 g/mol. The number of fused-ring (bicyclic) bond motifs is 1. The number of carbonyl (C=O) groups excluding carboxylic acids is 1. The molecule has 0 saturated carbocycles. The van der Waals surface area contributed by atoms with Crippen LogP contribution in [0, 0.1) is 13.8 Å². The second kappa shape index (κ2) is 7.50. The van der Waals surface area contributed by atoms with Crippen LogP contribution in [0.1, 0.15) is 11.1 Å². The summed E-state index contributed by atoms with van der Waals surface area (Å²) in [5.41, 5.74) is 4.65. The van der Waals surface area contributed by atoms with E-state index in [1.54, 1.807) is 6.20 Å². The number of hydrogen-bond acceptors (Lipinski definition) is 3. The molecule has 0 N–H and O–H groups in total. The van der Waals surface area contributed by atoms with Crippen LogP contribution in [0.25, 0.3) is 10.9 Å². The van der Waals surface area contributed by atoms with Crippen molar-refractivity contribution in [1.29, 1.82) is 0 Å². The van der Waals surface area contributed by atoms with Gasteiger partial charge in [0.2, 0.25) is 5.91 Å². The number of aryl methyl sites for hydroxylation is 1.